The van der Waals surface area contributed by atoms with Crippen molar-refractivity contribution in [1.29, 1.82) is 0 Å². The van der Waals surface area contributed by atoms with E-state index in [9.17, 15) is 0 Å². The number of aliphatic hydroxyl groups is 1. The van der Waals surface area contributed by atoms with Crippen LogP contribution in [0.3, 0.4) is 0 Å². The van der Waals surface area contributed by atoms with E-state index in [2.05, 4.69) is 33.7 Å². The number of hydrogen-bond acceptors (Lipinski definition) is 5. The molecule has 1 rings (SSSR count). The average molecular weight is 199 g/mol. The standard InChI is InChI=1S/C9H17N3O2/c1-7(2)12(4-5-13)6-9-8(3)10-14-11-9/h7,13H,4-6H2,1-3H3. The zero-order valence-electron chi connectivity index (χ0n) is 8.90. The lowest BCUT2D eigenvalue weighted by molar-refractivity contribution is 0.155. The number of aromatic nitrogens is 2. The minimum Gasteiger partial charge on any atom is -0.395 e. The Labute approximate surface area is 83.7 Å². The molecule has 14 heavy (non-hydrogen) atoms. The van der Waals surface area contributed by atoms with Crippen molar-refractivity contribution in [3.05, 3.63) is 11.4 Å². The second-order valence-electron chi connectivity index (χ2n) is 3.58. The third-order valence-electron chi connectivity index (χ3n) is 2.22. The Morgan fingerprint density at radius 1 is 1.43 bits per heavy atom. The van der Waals surface area contributed by atoms with Crippen molar-refractivity contribution in [1.82, 2.24) is 15.2 Å². The van der Waals surface area contributed by atoms with Crippen molar-refractivity contribution in [2.45, 2.75) is 33.4 Å². The van der Waals surface area contributed by atoms with Crippen LogP contribution in [0.25, 0.3) is 0 Å². The quantitative estimate of drug-likeness (QED) is 0.751. The molecular weight excluding hydrogens is 182 g/mol. The lowest BCUT2D eigenvalue weighted by Crippen LogP contribution is -2.33. The van der Waals surface area contributed by atoms with Crippen molar-refractivity contribution in [3.8, 4) is 0 Å². The molecule has 1 heterocycles. The van der Waals surface area contributed by atoms with E-state index in [1.54, 1.807) is 0 Å². The maximum Gasteiger partial charge on any atom is 0.122 e. The van der Waals surface area contributed by atoms with Gasteiger partial charge in [0.1, 0.15) is 11.4 Å². The second kappa shape index (κ2) is 5.07. The molecule has 0 spiro atoms. The molecule has 0 aliphatic rings. The second-order valence-corrected chi connectivity index (χ2v) is 3.58. The molecule has 0 unspecified atom stereocenters. The minimum atomic E-state index is 0.155. The molecule has 80 valence electrons. The largest absolute Gasteiger partial charge is 0.395 e. The van der Waals surface area contributed by atoms with Gasteiger partial charge in [-0.05, 0) is 20.8 Å². The molecule has 0 bridgehead atoms. The zero-order chi connectivity index (χ0) is 10.6. The normalized spacial score (nSPS) is 11.6. The Hall–Kier alpha value is -0.940. The minimum absolute atomic E-state index is 0.155. The van der Waals surface area contributed by atoms with Gasteiger partial charge in [0.25, 0.3) is 0 Å². The molecule has 0 fully saturated rings. The molecule has 0 radical (unpaired) electrons. The number of nitrogens with zero attached hydrogens (tertiary/aromatic N) is 3. The SMILES string of the molecule is Cc1nonc1CN(CCO)C(C)C. The van der Waals surface area contributed by atoms with Gasteiger partial charge < -0.3 is 5.11 Å². The summed E-state index contributed by atoms with van der Waals surface area (Å²) in [5.41, 5.74) is 1.65. The van der Waals surface area contributed by atoms with E-state index in [1.807, 2.05) is 6.92 Å². The van der Waals surface area contributed by atoms with Crippen molar-refractivity contribution in [2.75, 3.05) is 13.2 Å². The smallest absolute Gasteiger partial charge is 0.122 e. The van der Waals surface area contributed by atoms with Crippen LogP contribution in [-0.4, -0.2) is 39.5 Å². The summed E-state index contributed by atoms with van der Waals surface area (Å²) >= 11 is 0. The van der Waals surface area contributed by atoms with Gasteiger partial charge in [0.05, 0.1) is 6.61 Å². The summed E-state index contributed by atoms with van der Waals surface area (Å²) in [7, 11) is 0. The van der Waals surface area contributed by atoms with Crippen LogP contribution in [0.5, 0.6) is 0 Å². The van der Waals surface area contributed by atoms with Crippen molar-refractivity contribution in [2.24, 2.45) is 0 Å². The maximum absolute atomic E-state index is 8.88. The molecule has 0 saturated heterocycles. The molecule has 5 nitrogen and oxygen atoms in total. The van der Waals surface area contributed by atoms with Crippen LogP contribution >= 0.6 is 0 Å². The molecule has 5 heteroatoms. The highest BCUT2D eigenvalue weighted by Crippen LogP contribution is 2.08. The summed E-state index contributed by atoms with van der Waals surface area (Å²) < 4.78 is 4.61. The van der Waals surface area contributed by atoms with Crippen LogP contribution in [0.2, 0.25) is 0 Å². The first-order valence-electron chi connectivity index (χ1n) is 4.78. The molecule has 0 aromatic carbocycles. The fourth-order valence-electron chi connectivity index (χ4n) is 1.23. The molecule has 1 aromatic rings. The summed E-state index contributed by atoms with van der Waals surface area (Å²) in [6.45, 7) is 7.50. The molecule has 0 aliphatic heterocycles. The molecule has 0 amide bonds. The Balaban J connectivity index is 2.60. The van der Waals surface area contributed by atoms with Crippen LogP contribution in [-0.2, 0) is 6.54 Å². The molecule has 1 aromatic heterocycles. The highest BCUT2D eigenvalue weighted by Gasteiger charge is 2.13. The topological polar surface area (TPSA) is 62.4 Å². The van der Waals surface area contributed by atoms with E-state index in [-0.39, 0.29) is 6.61 Å². The number of rotatable bonds is 5. The van der Waals surface area contributed by atoms with Crippen molar-refractivity contribution >= 4 is 0 Å². The van der Waals surface area contributed by atoms with Gasteiger partial charge >= 0.3 is 0 Å². The lowest BCUT2D eigenvalue weighted by Gasteiger charge is -2.24. The molecule has 0 aliphatic carbocycles. The lowest BCUT2D eigenvalue weighted by atomic mass is 10.2. The van der Waals surface area contributed by atoms with E-state index in [1.165, 1.54) is 0 Å². The van der Waals surface area contributed by atoms with Gasteiger partial charge in [0, 0.05) is 19.1 Å². The van der Waals surface area contributed by atoms with E-state index < -0.39 is 0 Å². The predicted molar refractivity (Wildman–Crippen MR) is 51.7 cm³/mol. The summed E-state index contributed by atoms with van der Waals surface area (Å²) in [6, 6.07) is 0.373. The maximum atomic E-state index is 8.88. The van der Waals surface area contributed by atoms with Crippen LogP contribution < -0.4 is 0 Å². The third kappa shape index (κ3) is 2.78. The van der Waals surface area contributed by atoms with Crippen molar-refractivity contribution in [3.63, 3.8) is 0 Å². The summed E-state index contributed by atoms with van der Waals surface area (Å²) in [6.07, 6.45) is 0. The molecule has 0 atom stereocenters. The van der Waals surface area contributed by atoms with Gasteiger partial charge in [-0.2, -0.15) is 0 Å². The Kier molecular flexibility index (Phi) is 4.03. The van der Waals surface area contributed by atoms with Crippen LogP contribution in [0, 0.1) is 6.92 Å². The van der Waals surface area contributed by atoms with Gasteiger partial charge in [-0.1, -0.05) is 10.3 Å². The van der Waals surface area contributed by atoms with Crippen LogP contribution in [0.4, 0.5) is 0 Å². The van der Waals surface area contributed by atoms with Gasteiger partial charge in [-0.3, -0.25) is 4.90 Å². The van der Waals surface area contributed by atoms with Gasteiger partial charge in [0.2, 0.25) is 0 Å². The van der Waals surface area contributed by atoms with Gasteiger partial charge in [-0.25, -0.2) is 4.63 Å². The van der Waals surface area contributed by atoms with Crippen LogP contribution in [0.1, 0.15) is 25.2 Å². The number of hydrogen-bond donors (Lipinski definition) is 1. The first kappa shape index (κ1) is 11.1. The summed E-state index contributed by atoms with van der Waals surface area (Å²) in [4.78, 5) is 2.12. The number of aliphatic hydroxyl groups excluding tert-OH is 1. The average Bonchev–Trinajstić information content (AvgIpc) is 2.51. The Morgan fingerprint density at radius 3 is 2.57 bits per heavy atom. The highest BCUT2D eigenvalue weighted by molar-refractivity contribution is 5.04. The Morgan fingerprint density at radius 2 is 2.14 bits per heavy atom. The molecular formula is C9H17N3O2. The Bertz CT molecular complexity index is 273. The predicted octanol–water partition coefficient (Wildman–Crippen LogP) is 0.581. The van der Waals surface area contributed by atoms with E-state index in [0.717, 1.165) is 11.4 Å². The summed E-state index contributed by atoms with van der Waals surface area (Å²) in [5, 5.41) is 16.4. The zero-order valence-corrected chi connectivity index (χ0v) is 8.90. The summed E-state index contributed by atoms with van der Waals surface area (Å²) in [5.74, 6) is 0. The fourth-order valence-corrected chi connectivity index (χ4v) is 1.23. The number of aryl methyl sites for hydroxylation is 1. The van der Waals surface area contributed by atoms with Crippen molar-refractivity contribution < 1.29 is 9.74 Å². The van der Waals surface area contributed by atoms with Crippen LogP contribution in [0.15, 0.2) is 4.63 Å². The van der Waals surface area contributed by atoms with Gasteiger partial charge in [-0.15, -0.1) is 0 Å². The third-order valence-corrected chi connectivity index (χ3v) is 2.22. The van der Waals surface area contributed by atoms with E-state index in [4.69, 9.17) is 5.11 Å². The first-order valence-corrected chi connectivity index (χ1v) is 4.78. The van der Waals surface area contributed by atoms with E-state index in [0.29, 0.717) is 19.1 Å². The molecule has 0 saturated carbocycles. The van der Waals surface area contributed by atoms with Gasteiger partial charge in [0.15, 0.2) is 0 Å². The monoisotopic (exact) mass is 199 g/mol. The van der Waals surface area contributed by atoms with E-state index >= 15 is 0 Å². The fraction of sp³-hybridized carbons (Fsp3) is 0.778. The highest BCUT2D eigenvalue weighted by atomic mass is 16.6. The molecule has 1 N–H and O–H groups in total. The first-order chi connectivity index (χ1) is 6.65.